The quantitative estimate of drug-likeness (QED) is 0.765. The summed E-state index contributed by atoms with van der Waals surface area (Å²) < 4.78 is 13.1. The Hall–Kier alpha value is -2.45. The second-order valence-electron chi connectivity index (χ2n) is 7.75. The molecule has 0 bridgehead atoms. The van der Waals surface area contributed by atoms with Gasteiger partial charge in [-0.25, -0.2) is 4.98 Å². The summed E-state index contributed by atoms with van der Waals surface area (Å²) in [7, 11) is 3.46. The Labute approximate surface area is 171 Å². The average molecular weight is 399 g/mol. The number of rotatable bonds is 5. The van der Waals surface area contributed by atoms with Gasteiger partial charge in [0.25, 0.3) is 5.91 Å². The van der Waals surface area contributed by atoms with Crippen molar-refractivity contribution in [2.24, 2.45) is 7.05 Å². The largest absolute Gasteiger partial charge is 0.481 e. The van der Waals surface area contributed by atoms with Gasteiger partial charge >= 0.3 is 0 Å². The molecule has 1 amide bonds. The fraction of sp³-hybridized carbons (Fsp3) is 0.571. The molecule has 8 heteroatoms. The van der Waals surface area contributed by atoms with E-state index in [0.717, 1.165) is 25.2 Å². The third-order valence-electron chi connectivity index (χ3n) is 5.76. The van der Waals surface area contributed by atoms with Crippen molar-refractivity contribution in [3.8, 4) is 5.88 Å². The van der Waals surface area contributed by atoms with Crippen LogP contribution in [0.15, 0.2) is 30.7 Å². The standard InChI is InChI=1S/C21H29N5O3/c1-24-14-17(13-23-24)20-18(15-25-8-4-3-5-9-25)29-11-10-26(20)21(27)16-6-7-19(28-2)22-12-16/h6-7,12-14,18,20H,3-5,8-11,15H2,1-2H3/t18-,20-/m0/s1. The average Bonchev–Trinajstić information content (AvgIpc) is 3.19. The number of carbonyl (C=O) groups is 1. The van der Waals surface area contributed by atoms with Gasteiger partial charge < -0.3 is 19.3 Å². The highest BCUT2D eigenvalue weighted by molar-refractivity contribution is 5.94. The minimum absolute atomic E-state index is 0.0408. The van der Waals surface area contributed by atoms with E-state index in [1.807, 2.05) is 24.3 Å². The molecule has 2 atom stereocenters. The van der Waals surface area contributed by atoms with Crippen molar-refractivity contribution in [2.75, 3.05) is 39.9 Å². The molecule has 0 aromatic carbocycles. The third-order valence-corrected chi connectivity index (χ3v) is 5.76. The molecule has 156 valence electrons. The minimum Gasteiger partial charge on any atom is -0.481 e. The molecule has 0 unspecified atom stereocenters. The molecule has 2 saturated heterocycles. The number of ether oxygens (including phenoxy) is 2. The molecule has 2 fully saturated rings. The van der Waals surface area contributed by atoms with Gasteiger partial charge in [-0.05, 0) is 32.0 Å². The van der Waals surface area contributed by atoms with Gasteiger partial charge in [-0.2, -0.15) is 5.10 Å². The molecule has 0 aliphatic carbocycles. The van der Waals surface area contributed by atoms with E-state index in [-0.39, 0.29) is 18.1 Å². The number of aryl methyl sites for hydroxylation is 1. The summed E-state index contributed by atoms with van der Waals surface area (Å²) in [6.07, 6.45) is 9.07. The molecule has 4 heterocycles. The molecule has 4 rings (SSSR count). The molecular weight excluding hydrogens is 370 g/mol. The predicted octanol–water partition coefficient (Wildman–Crippen LogP) is 1.89. The van der Waals surface area contributed by atoms with Crippen LogP contribution in [0.25, 0.3) is 0 Å². The Morgan fingerprint density at radius 3 is 2.69 bits per heavy atom. The lowest BCUT2D eigenvalue weighted by Crippen LogP contribution is -2.52. The van der Waals surface area contributed by atoms with Gasteiger partial charge in [0.05, 0.1) is 37.6 Å². The smallest absolute Gasteiger partial charge is 0.256 e. The fourth-order valence-electron chi connectivity index (χ4n) is 4.29. The van der Waals surface area contributed by atoms with Crippen LogP contribution in [0.3, 0.4) is 0 Å². The van der Waals surface area contributed by atoms with Crippen molar-refractivity contribution in [3.05, 3.63) is 41.9 Å². The maximum absolute atomic E-state index is 13.4. The van der Waals surface area contributed by atoms with Gasteiger partial charge in [-0.1, -0.05) is 6.42 Å². The zero-order valence-corrected chi connectivity index (χ0v) is 17.2. The summed E-state index contributed by atoms with van der Waals surface area (Å²) in [5, 5.41) is 4.34. The van der Waals surface area contributed by atoms with E-state index in [9.17, 15) is 4.79 Å². The van der Waals surface area contributed by atoms with Crippen LogP contribution >= 0.6 is 0 Å². The van der Waals surface area contributed by atoms with Gasteiger partial charge in [-0.15, -0.1) is 0 Å². The van der Waals surface area contributed by atoms with E-state index in [0.29, 0.717) is 24.6 Å². The maximum Gasteiger partial charge on any atom is 0.256 e. The number of pyridine rings is 1. The first-order valence-electron chi connectivity index (χ1n) is 10.3. The van der Waals surface area contributed by atoms with E-state index in [1.54, 1.807) is 30.1 Å². The number of hydrogen-bond donors (Lipinski definition) is 0. The summed E-state index contributed by atoms with van der Waals surface area (Å²) in [4.78, 5) is 22.0. The molecule has 2 aliphatic rings. The normalized spacial score (nSPS) is 23.2. The number of nitrogens with zero attached hydrogens (tertiary/aromatic N) is 5. The van der Waals surface area contributed by atoms with Gasteiger partial charge in [0, 0.05) is 44.2 Å². The van der Waals surface area contributed by atoms with Crippen LogP contribution in [-0.4, -0.2) is 76.5 Å². The molecule has 2 aromatic rings. The summed E-state index contributed by atoms with van der Waals surface area (Å²) in [5.74, 6) is 0.455. The molecule has 2 aliphatic heterocycles. The number of likely N-dealkylation sites (tertiary alicyclic amines) is 1. The number of aromatic nitrogens is 3. The number of hydrogen-bond acceptors (Lipinski definition) is 6. The first-order valence-corrected chi connectivity index (χ1v) is 10.3. The van der Waals surface area contributed by atoms with Gasteiger partial charge in [0.1, 0.15) is 0 Å². The maximum atomic E-state index is 13.4. The SMILES string of the molecule is COc1ccc(C(=O)N2CCO[C@@H](CN3CCCCC3)[C@@H]2c2cnn(C)c2)cn1. The lowest BCUT2D eigenvalue weighted by Gasteiger charge is -2.43. The Kier molecular flexibility index (Phi) is 6.10. The van der Waals surface area contributed by atoms with Crippen molar-refractivity contribution >= 4 is 5.91 Å². The lowest BCUT2D eigenvalue weighted by atomic mass is 9.98. The Bertz CT molecular complexity index is 816. The molecular formula is C21H29N5O3. The van der Waals surface area contributed by atoms with E-state index in [1.165, 1.54) is 19.3 Å². The van der Waals surface area contributed by atoms with Gasteiger partial charge in [0.15, 0.2) is 0 Å². The third kappa shape index (κ3) is 4.43. The van der Waals surface area contributed by atoms with Crippen molar-refractivity contribution in [1.82, 2.24) is 24.6 Å². The van der Waals surface area contributed by atoms with E-state index >= 15 is 0 Å². The molecule has 29 heavy (non-hydrogen) atoms. The van der Waals surface area contributed by atoms with Gasteiger partial charge in [0.2, 0.25) is 5.88 Å². The van der Waals surface area contributed by atoms with Crippen LogP contribution < -0.4 is 4.74 Å². The zero-order chi connectivity index (χ0) is 20.2. The minimum atomic E-state index is -0.172. The molecule has 0 radical (unpaired) electrons. The van der Waals surface area contributed by atoms with Crippen molar-refractivity contribution < 1.29 is 14.3 Å². The fourth-order valence-corrected chi connectivity index (χ4v) is 4.29. The van der Waals surface area contributed by atoms with E-state index in [2.05, 4.69) is 15.0 Å². The molecule has 0 spiro atoms. The highest BCUT2D eigenvalue weighted by atomic mass is 16.5. The van der Waals surface area contributed by atoms with Crippen LogP contribution in [0, 0.1) is 0 Å². The van der Waals surface area contributed by atoms with Crippen LogP contribution in [0.4, 0.5) is 0 Å². The van der Waals surface area contributed by atoms with Crippen LogP contribution in [-0.2, 0) is 11.8 Å². The molecule has 8 nitrogen and oxygen atoms in total. The number of methoxy groups -OCH3 is 1. The summed E-state index contributed by atoms with van der Waals surface area (Å²) in [6.45, 7) is 4.08. The summed E-state index contributed by atoms with van der Waals surface area (Å²) >= 11 is 0. The molecule has 2 aromatic heterocycles. The Morgan fingerprint density at radius 1 is 1.21 bits per heavy atom. The summed E-state index contributed by atoms with van der Waals surface area (Å²) in [6, 6.07) is 3.32. The topological polar surface area (TPSA) is 72.7 Å². The monoisotopic (exact) mass is 399 g/mol. The Balaban J connectivity index is 1.60. The number of amides is 1. The summed E-state index contributed by atoms with van der Waals surface area (Å²) in [5.41, 5.74) is 1.56. The molecule has 0 N–H and O–H groups in total. The highest BCUT2D eigenvalue weighted by Crippen LogP contribution is 2.32. The van der Waals surface area contributed by atoms with Crippen molar-refractivity contribution in [3.63, 3.8) is 0 Å². The van der Waals surface area contributed by atoms with Gasteiger partial charge in [-0.3, -0.25) is 9.48 Å². The van der Waals surface area contributed by atoms with Crippen LogP contribution in [0.1, 0.15) is 41.2 Å². The Morgan fingerprint density at radius 2 is 2.03 bits per heavy atom. The molecule has 0 saturated carbocycles. The second kappa shape index (κ2) is 8.92. The van der Waals surface area contributed by atoms with E-state index in [4.69, 9.17) is 9.47 Å². The van der Waals surface area contributed by atoms with Crippen molar-refractivity contribution in [1.29, 1.82) is 0 Å². The predicted molar refractivity (Wildman–Crippen MR) is 108 cm³/mol. The van der Waals surface area contributed by atoms with Crippen molar-refractivity contribution in [2.45, 2.75) is 31.4 Å². The number of morpholine rings is 1. The first-order chi connectivity index (χ1) is 14.2. The number of carbonyl (C=O) groups excluding carboxylic acids is 1. The van der Waals surface area contributed by atoms with Crippen LogP contribution in [0.2, 0.25) is 0 Å². The lowest BCUT2D eigenvalue weighted by molar-refractivity contribution is -0.0741. The van der Waals surface area contributed by atoms with E-state index < -0.39 is 0 Å². The zero-order valence-electron chi connectivity index (χ0n) is 17.2. The highest BCUT2D eigenvalue weighted by Gasteiger charge is 2.38. The first kappa shape index (κ1) is 19.8. The number of piperidine rings is 1. The van der Waals surface area contributed by atoms with Crippen LogP contribution in [0.5, 0.6) is 5.88 Å². The second-order valence-corrected chi connectivity index (χ2v) is 7.75.